The highest BCUT2D eigenvalue weighted by Crippen LogP contribution is 2.47. The lowest BCUT2D eigenvalue weighted by Gasteiger charge is -2.40. The number of rotatable bonds is 3. The van der Waals surface area contributed by atoms with E-state index in [4.69, 9.17) is 0 Å². The first-order valence-electron chi connectivity index (χ1n) is 9.57. The molecular weight excluding hydrogens is 390 g/mol. The van der Waals surface area contributed by atoms with Crippen molar-refractivity contribution < 1.29 is 9.59 Å². The Kier molecular flexibility index (Phi) is 4.23. The maximum absolute atomic E-state index is 13.0. The first kappa shape index (κ1) is 18.0. The number of thiophene rings is 1. The molecule has 1 saturated heterocycles. The van der Waals surface area contributed by atoms with Gasteiger partial charge in [-0.1, -0.05) is 6.07 Å². The van der Waals surface area contributed by atoms with Gasteiger partial charge in [0.05, 0.1) is 10.9 Å². The molecule has 0 unspecified atom stereocenters. The molecule has 1 spiro atoms. The van der Waals surface area contributed by atoms with Crippen molar-refractivity contribution in [2.24, 2.45) is 12.5 Å². The lowest BCUT2D eigenvalue weighted by molar-refractivity contribution is 0.0694. The zero-order chi connectivity index (χ0) is 20.0. The number of hydrogen-bond donors (Lipinski definition) is 1. The summed E-state index contributed by atoms with van der Waals surface area (Å²) >= 11 is 1.41. The molecule has 9 nitrogen and oxygen atoms in total. The number of nitrogens with zero attached hydrogens (tertiary/aromatic N) is 6. The molecule has 0 aromatic carbocycles. The second kappa shape index (κ2) is 6.80. The lowest BCUT2D eigenvalue weighted by Crippen LogP contribution is -2.48. The van der Waals surface area contributed by atoms with E-state index in [-0.39, 0.29) is 23.3 Å². The minimum Gasteiger partial charge on any atom is -0.341 e. The van der Waals surface area contributed by atoms with Crippen molar-refractivity contribution in [3.05, 3.63) is 52.5 Å². The molecule has 2 aliphatic rings. The maximum atomic E-state index is 13.0. The van der Waals surface area contributed by atoms with E-state index >= 15 is 0 Å². The molecule has 2 atom stereocenters. The van der Waals surface area contributed by atoms with Crippen LogP contribution in [0.2, 0.25) is 0 Å². The van der Waals surface area contributed by atoms with Crippen LogP contribution >= 0.6 is 11.3 Å². The summed E-state index contributed by atoms with van der Waals surface area (Å²) in [4.78, 5) is 32.8. The van der Waals surface area contributed by atoms with E-state index in [0.29, 0.717) is 23.7 Å². The number of hydrogen-bond acceptors (Lipinski definition) is 6. The molecule has 0 radical (unpaired) electrons. The van der Waals surface area contributed by atoms with Crippen molar-refractivity contribution in [3.63, 3.8) is 0 Å². The predicted molar refractivity (Wildman–Crippen MR) is 105 cm³/mol. The Morgan fingerprint density at radius 1 is 1.24 bits per heavy atom. The van der Waals surface area contributed by atoms with Gasteiger partial charge in [0.25, 0.3) is 11.8 Å². The Morgan fingerprint density at radius 3 is 2.86 bits per heavy atom. The van der Waals surface area contributed by atoms with Crippen LogP contribution in [0.15, 0.2) is 36.1 Å². The number of carbonyl (C=O) groups is 2. The van der Waals surface area contributed by atoms with Crippen molar-refractivity contribution in [3.8, 4) is 0 Å². The maximum Gasteiger partial charge on any atom is 0.272 e. The van der Waals surface area contributed by atoms with Gasteiger partial charge in [-0.2, -0.15) is 10.2 Å². The van der Waals surface area contributed by atoms with Crippen LogP contribution < -0.4 is 5.32 Å². The van der Waals surface area contributed by atoms with Gasteiger partial charge in [-0.15, -0.1) is 11.3 Å². The number of fused-ring (bicyclic) bond motifs is 1. The quantitative estimate of drug-likeness (QED) is 0.704. The van der Waals surface area contributed by atoms with Crippen molar-refractivity contribution in [2.75, 3.05) is 13.1 Å². The van der Waals surface area contributed by atoms with Gasteiger partial charge in [0.1, 0.15) is 17.8 Å². The van der Waals surface area contributed by atoms with Crippen molar-refractivity contribution in [2.45, 2.75) is 25.4 Å². The minimum absolute atomic E-state index is 0.0303. The first-order chi connectivity index (χ1) is 14.1. The molecule has 3 aromatic heterocycles. The normalized spacial score (nSPS) is 23.3. The second-order valence-electron chi connectivity index (χ2n) is 7.65. The van der Waals surface area contributed by atoms with Crippen LogP contribution in [0.5, 0.6) is 0 Å². The average molecular weight is 411 g/mol. The summed E-state index contributed by atoms with van der Waals surface area (Å²) in [5, 5.41) is 13.5. The zero-order valence-electron chi connectivity index (χ0n) is 16.0. The van der Waals surface area contributed by atoms with Crippen LogP contribution in [0.4, 0.5) is 0 Å². The zero-order valence-corrected chi connectivity index (χ0v) is 16.8. The van der Waals surface area contributed by atoms with Crippen molar-refractivity contribution in [1.82, 2.24) is 34.8 Å². The molecule has 29 heavy (non-hydrogen) atoms. The fourth-order valence-corrected chi connectivity index (χ4v) is 5.12. The van der Waals surface area contributed by atoms with E-state index in [0.717, 1.165) is 25.2 Å². The topological polar surface area (TPSA) is 97.9 Å². The Bertz CT molecular complexity index is 1060. The molecule has 5 rings (SSSR count). The lowest BCUT2D eigenvalue weighted by atomic mass is 9.74. The summed E-state index contributed by atoms with van der Waals surface area (Å²) in [6.07, 6.45) is 4.80. The largest absolute Gasteiger partial charge is 0.341 e. The monoisotopic (exact) mass is 411 g/mol. The van der Waals surface area contributed by atoms with Gasteiger partial charge in [-0.25, -0.2) is 9.67 Å². The third-order valence-corrected chi connectivity index (χ3v) is 6.94. The highest BCUT2D eigenvalue weighted by Gasteiger charge is 2.51. The molecule has 1 N–H and O–H groups in total. The van der Waals surface area contributed by atoms with Crippen LogP contribution in [-0.2, 0) is 13.6 Å². The molecule has 0 aliphatic carbocycles. The number of nitrogens with one attached hydrogen (secondary N) is 1. The smallest absolute Gasteiger partial charge is 0.272 e. The van der Waals surface area contributed by atoms with E-state index in [1.165, 1.54) is 17.7 Å². The molecule has 10 heteroatoms. The molecule has 2 amide bonds. The van der Waals surface area contributed by atoms with Crippen LogP contribution in [0, 0.1) is 5.41 Å². The molecule has 3 aromatic rings. The van der Waals surface area contributed by atoms with Gasteiger partial charge >= 0.3 is 0 Å². The summed E-state index contributed by atoms with van der Waals surface area (Å²) in [6, 6.07) is 5.12. The fraction of sp³-hybridized carbons (Fsp3) is 0.421. The standard InChI is InChI=1S/C19H21N7O2S/c1-24-13(4-7-21-24)18(28)25-8-5-19(11-25)6-9-26-16(20-12-22-26)15(19)23-17(27)14-3-2-10-29-14/h2-4,7,10,12,15H,5-6,8-9,11H2,1H3,(H,23,27)/t15-,19-/m1/s1. The molecule has 2 aliphatic heterocycles. The summed E-state index contributed by atoms with van der Waals surface area (Å²) in [5.41, 5.74) is 0.310. The minimum atomic E-state index is -0.294. The van der Waals surface area contributed by atoms with Gasteiger partial charge in [-0.3, -0.25) is 14.3 Å². The Morgan fingerprint density at radius 2 is 2.10 bits per heavy atom. The number of carbonyl (C=O) groups excluding carboxylic acids is 2. The third kappa shape index (κ3) is 2.94. The van der Waals surface area contributed by atoms with Crippen LogP contribution in [0.3, 0.4) is 0 Å². The number of aromatic nitrogens is 5. The van der Waals surface area contributed by atoms with Crippen LogP contribution in [0.25, 0.3) is 0 Å². The van der Waals surface area contributed by atoms with Crippen LogP contribution in [0.1, 0.15) is 44.9 Å². The number of amides is 2. The molecule has 0 saturated carbocycles. The summed E-state index contributed by atoms with van der Waals surface area (Å²) in [6.45, 7) is 1.94. The molecule has 1 fully saturated rings. The number of aryl methyl sites for hydroxylation is 2. The Balaban J connectivity index is 1.44. The van der Waals surface area contributed by atoms with E-state index in [1.807, 2.05) is 27.1 Å². The van der Waals surface area contributed by atoms with Crippen LogP contribution in [-0.4, -0.2) is 54.3 Å². The molecule has 5 heterocycles. The first-order valence-corrected chi connectivity index (χ1v) is 10.4. The summed E-state index contributed by atoms with van der Waals surface area (Å²) < 4.78 is 3.46. The van der Waals surface area contributed by atoms with E-state index in [9.17, 15) is 9.59 Å². The highest BCUT2D eigenvalue weighted by atomic mass is 32.1. The molecule has 150 valence electrons. The second-order valence-corrected chi connectivity index (χ2v) is 8.60. The van der Waals surface area contributed by atoms with E-state index in [2.05, 4.69) is 20.5 Å². The van der Waals surface area contributed by atoms with E-state index < -0.39 is 0 Å². The Hall–Kier alpha value is -3.01. The SMILES string of the molecule is Cn1nccc1C(=O)N1CC[C@@]2(CCn3ncnc3[C@H]2NC(=O)c2cccs2)C1. The Labute approximate surface area is 171 Å². The summed E-state index contributed by atoms with van der Waals surface area (Å²) in [5.74, 6) is 0.616. The van der Waals surface area contributed by atoms with Gasteiger partial charge in [0.15, 0.2) is 0 Å². The molecular formula is C19H21N7O2S. The molecule has 0 bridgehead atoms. The van der Waals surface area contributed by atoms with Gasteiger partial charge < -0.3 is 10.2 Å². The van der Waals surface area contributed by atoms with E-state index in [1.54, 1.807) is 24.0 Å². The van der Waals surface area contributed by atoms with Gasteiger partial charge in [0.2, 0.25) is 0 Å². The van der Waals surface area contributed by atoms with Gasteiger partial charge in [-0.05, 0) is 30.4 Å². The third-order valence-electron chi connectivity index (χ3n) is 6.07. The summed E-state index contributed by atoms with van der Waals surface area (Å²) in [7, 11) is 1.77. The number of likely N-dealkylation sites (tertiary alicyclic amines) is 1. The predicted octanol–water partition coefficient (Wildman–Crippen LogP) is 1.48. The average Bonchev–Trinajstić information content (AvgIpc) is 3.51. The van der Waals surface area contributed by atoms with Gasteiger partial charge in [0, 0.05) is 38.3 Å². The van der Waals surface area contributed by atoms with Crippen molar-refractivity contribution >= 4 is 23.2 Å². The van der Waals surface area contributed by atoms with Crippen molar-refractivity contribution in [1.29, 1.82) is 0 Å². The fourth-order valence-electron chi connectivity index (χ4n) is 4.50. The highest BCUT2D eigenvalue weighted by molar-refractivity contribution is 7.12.